The van der Waals surface area contributed by atoms with Crippen LogP contribution in [0.5, 0.6) is 5.75 Å². The highest BCUT2D eigenvalue weighted by Gasteiger charge is 2.19. The van der Waals surface area contributed by atoms with Crippen molar-refractivity contribution >= 4 is 11.9 Å². The van der Waals surface area contributed by atoms with Crippen molar-refractivity contribution < 1.29 is 24.5 Å². The number of carboxylic acid groups (broad SMARTS) is 2. The molecule has 0 aliphatic carbocycles. The number of ether oxygens (including phenoxy) is 1. The molecule has 1 aromatic carbocycles. The van der Waals surface area contributed by atoms with Crippen LogP contribution >= 0.6 is 0 Å². The van der Waals surface area contributed by atoms with E-state index in [1.165, 1.54) is 16.8 Å². The first-order chi connectivity index (χ1) is 11.5. The Morgan fingerprint density at radius 3 is 2.46 bits per heavy atom. The third-order valence-electron chi connectivity index (χ3n) is 3.31. The van der Waals surface area contributed by atoms with E-state index >= 15 is 0 Å². The zero-order chi connectivity index (χ0) is 17.5. The average molecular weight is 330 g/mol. The van der Waals surface area contributed by atoms with Gasteiger partial charge in [0.2, 0.25) is 0 Å². The van der Waals surface area contributed by atoms with Gasteiger partial charge in [-0.2, -0.15) is 0 Å². The van der Waals surface area contributed by atoms with Crippen LogP contribution in [0.3, 0.4) is 0 Å². The van der Waals surface area contributed by atoms with E-state index in [0.717, 1.165) is 12.3 Å². The number of nitrogens with zero attached hydrogens (tertiary/aromatic N) is 1. The van der Waals surface area contributed by atoms with E-state index in [9.17, 15) is 9.59 Å². The highest BCUT2D eigenvalue weighted by Crippen LogP contribution is 2.37. The van der Waals surface area contributed by atoms with Crippen LogP contribution in [-0.2, 0) is 22.7 Å². The van der Waals surface area contributed by atoms with E-state index in [2.05, 4.69) is 22.9 Å². The molecule has 0 radical (unpaired) electrons. The van der Waals surface area contributed by atoms with Crippen molar-refractivity contribution in [1.82, 2.24) is 4.57 Å². The predicted octanol–water partition coefficient (Wildman–Crippen LogP) is 1.72. The summed E-state index contributed by atoms with van der Waals surface area (Å²) in [6.07, 6.45) is 3.20. The van der Waals surface area contributed by atoms with E-state index in [4.69, 9.17) is 20.7 Å². The molecule has 1 aliphatic rings. The summed E-state index contributed by atoms with van der Waals surface area (Å²) in [5.74, 6) is -1.55. The number of benzene rings is 1. The van der Waals surface area contributed by atoms with Gasteiger partial charge in [-0.15, -0.1) is 0 Å². The Labute approximate surface area is 138 Å². The number of para-hydroxylation sites is 1. The molecular weight excluding hydrogens is 312 g/mol. The Morgan fingerprint density at radius 2 is 1.83 bits per heavy atom. The van der Waals surface area contributed by atoms with E-state index in [1.807, 2.05) is 18.2 Å². The second kappa shape index (κ2) is 7.98. The van der Waals surface area contributed by atoms with Crippen LogP contribution in [0.15, 0.2) is 48.7 Å². The maximum Gasteiger partial charge on any atom is 0.328 e. The van der Waals surface area contributed by atoms with Crippen LogP contribution in [0, 0.1) is 0 Å². The van der Waals surface area contributed by atoms with Gasteiger partial charge in [0, 0.05) is 42.6 Å². The zero-order valence-corrected chi connectivity index (χ0v) is 12.9. The number of carbonyl (C=O) groups is 2. The van der Waals surface area contributed by atoms with Gasteiger partial charge in [0.1, 0.15) is 12.4 Å². The normalized spacial score (nSPS) is 11.7. The molecular formula is C17H18N2O5. The van der Waals surface area contributed by atoms with Crippen molar-refractivity contribution in [2.24, 2.45) is 5.73 Å². The summed E-state index contributed by atoms with van der Waals surface area (Å²) in [6, 6.07) is 10.3. The first-order valence-electron chi connectivity index (χ1n) is 7.27. The third kappa shape index (κ3) is 4.23. The molecule has 126 valence electrons. The van der Waals surface area contributed by atoms with Crippen molar-refractivity contribution in [3.8, 4) is 17.0 Å². The van der Waals surface area contributed by atoms with Gasteiger partial charge in [0.15, 0.2) is 0 Å². The summed E-state index contributed by atoms with van der Waals surface area (Å²) in [5, 5.41) is 15.6. The fourth-order valence-electron chi connectivity index (χ4n) is 2.37. The standard InChI is InChI=1S/C13H14N2O.C4H4O4/c14-6-8-15-7-5-10-9-16-12-4-2-1-3-11(12)13(10)15;5-3(6)1-2-4(7)8/h1-5,7H,6,8-9,14H2;1-2H,(H,5,6)(H,7,8)/b;2-1+. The second-order valence-electron chi connectivity index (χ2n) is 4.97. The van der Waals surface area contributed by atoms with Crippen LogP contribution in [0.4, 0.5) is 0 Å². The third-order valence-corrected chi connectivity index (χ3v) is 3.31. The van der Waals surface area contributed by atoms with Crippen LogP contribution in [0.2, 0.25) is 0 Å². The Balaban J connectivity index is 0.000000224. The minimum absolute atomic E-state index is 0.558. The van der Waals surface area contributed by atoms with Gasteiger partial charge in [-0.25, -0.2) is 9.59 Å². The predicted molar refractivity (Wildman–Crippen MR) is 87.7 cm³/mol. The summed E-state index contributed by atoms with van der Waals surface area (Å²) >= 11 is 0. The van der Waals surface area contributed by atoms with Crippen molar-refractivity contribution in [2.45, 2.75) is 13.2 Å². The number of rotatable bonds is 4. The average Bonchev–Trinajstić information content (AvgIpc) is 2.97. The molecule has 3 rings (SSSR count). The minimum Gasteiger partial charge on any atom is -0.488 e. The Morgan fingerprint density at radius 1 is 1.17 bits per heavy atom. The highest BCUT2D eigenvalue weighted by atomic mass is 16.5. The number of aliphatic carboxylic acids is 2. The Kier molecular flexibility index (Phi) is 5.75. The number of nitrogens with two attached hydrogens (primary N) is 1. The number of fused-ring (bicyclic) bond motifs is 3. The lowest BCUT2D eigenvalue weighted by Crippen LogP contribution is -2.12. The molecule has 0 spiro atoms. The topological polar surface area (TPSA) is 115 Å². The molecule has 0 saturated heterocycles. The first kappa shape index (κ1) is 17.3. The molecule has 0 unspecified atom stereocenters. The number of aromatic nitrogens is 1. The summed E-state index contributed by atoms with van der Waals surface area (Å²) in [6.45, 7) is 2.16. The van der Waals surface area contributed by atoms with E-state index in [-0.39, 0.29) is 0 Å². The first-order valence-corrected chi connectivity index (χ1v) is 7.27. The van der Waals surface area contributed by atoms with Crippen LogP contribution in [0.25, 0.3) is 11.3 Å². The lowest BCUT2D eigenvalue weighted by Gasteiger charge is -2.20. The molecule has 1 aromatic heterocycles. The van der Waals surface area contributed by atoms with Gasteiger partial charge < -0.3 is 25.3 Å². The summed E-state index contributed by atoms with van der Waals surface area (Å²) in [5.41, 5.74) is 9.29. The summed E-state index contributed by atoms with van der Waals surface area (Å²) < 4.78 is 7.90. The van der Waals surface area contributed by atoms with Crippen LogP contribution < -0.4 is 10.5 Å². The van der Waals surface area contributed by atoms with Crippen LogP contribution in [0.1, 0.15) is 5.56 Å². The second-order valence-corrected chi connectivity index (χ2v) is 4.97. The van der Waals surface area contributed by atoms with Gasteiger partial charge >= 0.3 is 11.9 Å². The van der Waals surface area contributed by atoms with E-state index < -0.39 is 11.9 Å². The molecule has 0 bridgehead atoms. The molecule has 0 saturated carbocycles. The van der Waals surface area contributed by atoms with Crippen molar-refractivity contribution in [3.63, 3.8) is 0 Å². The molecule has 0 fully saturated rings. The molecule has 2 aromatic rings. The van der Waals surface area contributed by atoms with Crippen LogP contribution in [-0.4, -0.2) is 33.3 Å². The number of hydrogen-bond donors (Lipinski definition) is 3. The lowest BCUT2D eigenvalue weighted by molar-refractivity contribution is -0.134. The molecule has 4 N–H and O–H groups in total. The van der Waals surface area contributed by atoms with Crippen molar-refractivity contribution in [3.05, 3.63) is 54.2 Å². The maximum atomic E-state index is 9.55. The smallest absolute Gasteiger partial charge is 0.328 e. The highest BCUT2D eigenvalue weighted by molar-refractivity contribution is 5.89. The van der Waals surface area contributed by atoms with Gasteiger partial charge in [-0.1, -0.05) is 12.1 Å². The quantitative estimate of drug-likeness (QED) is 0.735. The summed E-state index contributed by atoms with van der Waals surface area (Å²) in [7, 11) is 0. The number of carboxylic acids is 2. The zero-order valence-electron chi connectivity index (χ0n) is 12.9. The summed E-state index contributed by atoms with van der Waals surface area (Å²) in [4.78, 5) is 19.1. The van der Waals surface area contributed by atoms with E-state index in [1.54, 1.807) is 0 Å². The molecule has 24 heavy (non-hydrogen) atoms. The fraction of sp³-hybridized carbons (Fsp3) is 0.176. The molecule has 7 heteroatoms. The molecule has 2 heterocycles. The monoisotopic (exact) mass is 330 g/mol. The van der Waals surface area contributed by atoms with Gasteiger partial charge in [0.25, 0.3) is 0 Å². The fourth-order valence-corrected chi connectivity index (χ4v) is 2.37. The SMILES string of the molecule is NCCn1ccc2c1-c1ccccc1OC2.O=C(O)/C=C/C(=O)O. The molecule has 7 nitrogen and oxygen atoms in total. The molecule has 1 aliphatic heterocycles. The lowest BCUT2D eigenvalue weighted by atomic mass is 10.0. The largest absolute Gasteiger partial charge is 0.488 e. The Bertz CT molecular complexity index is 748. The minimum atomic E-state index is -1.26. The van der Waals surface area contributed by atoms with Crippen molar-refractivity contribution in [2.75, 3.05) is 6.54 Å². The molecule has 0 amide bonds. The number of hydrogen-bond acceptors (Lipinski definition) is 4. The Hall–Kier alpha value is -3.06. The van der Waals surface area contributed by atoms with Gasteiger partial charge in [-0.3, -0.25) is 0 Å². The van der Waals surface area contributed by atoms with Gasteiger partial charge in [-0.05, 0) is 18.2 Å². The van der Waals surface area contributed by atoms with Gasteiger partial charge in [0.05, 0.1) is 5.69 Å². The molecule has 0 atom stereocenters. The maximum absolute atomic E-state index is 9.55. The van der Waals surface area contributed by atoms with E-state index in [0.29, 0.717) is 25.3 Å². The van der Waals surface area contributed by atoms with Crippen molar-refractivity contribution in [1.29, 1.82) is 0 Å².